The average molecular weight is 739 g/mol. The van der Waals surface area contributed by atoms with E-state index >= 15 is 0 Å². The first-order chi connectivity index (χ1) is 20.4. The fourth-order valence-corrected chi connectivity index (χ4v) is 26.8. The van der Waals surface area contributed by atoms with Crippen molar-refractivity contribution in [3.05, 3.63) is 103 Å². The summed E-state index contributed by atoms with van der Waals surface area (Å²) < 4.78 is 11.9. The molecule has 0 heterocycles. The Labute approximate surface area is 295 Å². The summed E-state index contributed by atoms with van der Waals surface area (Å²) in [7, 11) is 0. The predicted octanol–water partition coefficient (Wildman–Crippen LogP) is 11.9. The second-order valence-corrected chi connectivity index (χ2v) is 31.1. The number of hydrogen-bond acceptors (Lipinski definition) is 0. The molecule has 0 nitrogen and oxygen atoms in total. The van der Waals surface area contributed by atoms with Gasteiger partial charge in [-0.3, -0.25) is 0 Å². The predicted molar refractivity (Wildman–Crippen MR) is 209 cm³/mol. The van der Waals surface area contributed by atoms with Gasteiger partial charge in [-0.1, -0.05) is 0 Å². The zero-order valence-electron chi connectivity index (χ0n) is 30.8. The summed E-state index contributed by atoms with van der Waals surface area (Å²) in [6, 6.07) is 24.0. The van der Waals surface area contributed by atoms with Crippen molar-refractivity contribution >= 4 is 35.6 Å². The molecule has 2 aliphatic rings. The van der Waals surface area contributed by atoms with Crippen LogP contribution in [0.1, 0.15) is 118 Å². The van der Waals surface area contributed by atoms with E-state index in [4.69, 9.17) is 4.21 Å². The molecule has 0 spiro atoms. The van der Waals surface area contributed by atoms with Gasteiger partial charge in [0.15, 0.2) is 0 Å². The van der Waals surface area contributed by atoms with E-state index in [1.807, 2.05) is 0 Å². The molecule has 0 aromatic heterocycles. The van der Waals surface area contributed by atoms with Crippen molar-refractivity contribution in [2.24, 2.45) is 11.3 Å². The van der Waals surface area contributed by atoms with Crippen molar-refractivity contribution in [1.82, 2.24) is 0 Å². The molecule has 0 N–H and O–H groups in total. The molecule has 250 valence electrons. The number of benzene rings is 3. The number of allylic oxidation sites excluding steroid dienone is 4. The van der Waals surface area contributed by atoms with Crippen LogP contribution in [0.3, 0.4) is 0 Å². The van der Waals surface area contributed by atoms with Crippen molar-refractivity contribution in [3.8, 4) is 11.1 Å². The molecule has 0 saturated heterocycles. The van der Waals surface area contributed by atoms with Crippen molar-refractivity contribution in [3.63, 3.8) is 0 Å². The molecule has 3 aromatic carbocycles. The van der Waals surface area contributed by atoms with Gasteiger partial charge in [-0.25, -0.2) is 0 Å². The Morgan fingerprint density at radius 2 is 1.35 bits per heavy atom. The molecular weight excluding hydrogens is 679 g/mol. The standard InChI is InChI=1S/C21H25.C13H21.C6H5.C2H5.CH2.2ClH.Zr/c1-20(2,3)16-7-9-18-14(12-16)11-15-13-17(21(4,5)6)8-10-19(15)18;1-6-10-8-11(7-2)12(9-10)13(3,4)5;1-2-4-6-5-3-1;1-2;;;;/h7-10,12H,11H2,1-6H3;9-10H,6-7H2,1-5H3;1-5H;1H2,2H3;1H2;2*1H;. The topological polar surface area (TPSA) is 0 Å². The monoisotopic (exact) mass is 736 g/mol. The van der Waals surface area contributed by atoms with Crippen molar-refractivity contribution < 1.29 is 18.3 Å². The molecule has 3 heteroatoms. The van der Waals surface area contributed by atoms with Crippen molar-refractivity contribution in [1.29, 1.82) is 0 Å². The van der Waals surface area contributed by atoms with Crippen LogP contribution in [-0.2, 0) is 35.5 Å². The van der Waals surface area contributed by atoms with E-state index in [0.29, 0.717) is 5.92 Å². The summed E-state index contributed by atoms with van der Waals surface area (Å²) in [6.07, 6.45) is 5.87. The Balaban J connectivity index is 0.00000288. The average Bonchev–Trinajstić information content (AvgIpc) is 3.54. The van der Waals surface area contributed by atoms with Crippen LogP contribution in [0, 0.1) is 11.3 Å². The zero-order chi connectivity index (χ0) is 32.5. The van der Waals surface area contributed by atoms with Gasteiger partial charge in [0.1, 0.15) is 0 Å². The molecule has 0 aliphatic heterocycles. The van der Waals surface area contributed by atoms with E-state index in [-0.39, 0.29) is 41.1 Å². The molecule has 0 radical (unpaired) electrons. The van der Waals surface area contributed by atoms with Crippen LogP contribution in [0.25, 0.3) is 11.1 Å². The van der Waals surface area contributed by atoms with E-state index in [2.05, 4.69) is 150 Å². The summed E-state index contributed by atoms with van der Waals surface area (Å²) >= 11 is -4.60. The minimum atomic E-state index is -4.60. The third kappa shape index (κ3) is 5.99. The van der Waals surface area contributed by atoms with E-state index in [1.54, 1.807) is 23.3 Å². The first-order valence-electron chi connectivity index (χ1n) is 17.3. The van der Waals surface area contributed by atoms with Gasteiger partial charge < -0.3 is 0 Å². The first kappa shape index (κ1) is 38.9. The van der Waals surface area contributed by atoms with Gasteiger partial charge in [-0.15, -0.1) is 24.8 Å². The van der Waals surface area contributed by atoms with Crippen LogP contribution < -0.4 is 6.54 Å². The third-order valence-electron chi connectivity index (χ3n) is 11.2. The van der Waals surface area contributed by atoms with Crippen LogP contribution >= 0.6 is 24.8 Å². The van der Waals surface area contributed by atoms with Gasteiger partial charge in [-0.05, 0) is 0 Å². The molecule has 2 aliphatic carbocycles. The van der Waals surface area contributed by atoms with Gasteiger partial charge in [0.2, 0.25) is 0 Å². The minimum absolute atomic E-state index is 0. The summed E-state index contributed by atoms with van der Waals surface area (Å²) in [6.45, 7) is 28.8. The summed E-state index contributed by atoms with van der Waals surface area (Å²) in [5.74, 6) is 0.433. The van der Waals surface area contributed by atoms with Crippen molar-refractivity contribution in [2.75, 3.05) is 0 Å². The number of halogens is 2. The molecule has 1 unspecified atom stereocenters. The van der Waals surface area contributed by atoms with Crippen LogP contribution in [0.4, 0.5) is 0 Å². The number of rotatable bonds is 6. The van der Waals surface area contributed by atoms with Crippen LogP contribution in [0.15, 0.2) is 81.2 Å². The van der Waals surface area contributed by atoms with Gasteiger partial charge in [-0.2, -0.15) is 0 Å². The molecule has 5 rings (SSSR count). The quantitative estimate of drug-likeness (QED) is 0.185. The Bertz CT molecular complexity index is 1730. The summed E-state index contributed by atoms with van der Waals surface area (Å²) in [4.78, 5) is 0. The Kier molecular flexibility index (Phi) is 11.1. The molecular formula is C43H60Cl2Zr. The number of fused-ring (bicyclic) bond motifs is 3. The maximum atomic E-state index is 5.84. The van der Waals surface area contributed by atoms with Gasteiger partial charge >= 0.3 is 272 Å². The summed E-state index contributed by atoms with van der Waals surface area (Å²) in [5.41, 5.74) is 12.3. The van der Waals surface area contributed by atoms with E-state index < -0.39 is 18.3 Å². The second-order valence-electron chi connectivity index (χ2n) is 17.1. The van der Waals surface area contributed by atoms with Crippen molar-refractivity contribution in [2.45, 2.75) is 117 Å². The van der Waals surface area contributed by atoms with Crippen LogP contribution in [0.2, 0.25) is 4.13 Å². The Hall–Kier alpha value is -1.53. The third-order valence-corrected chi connectivity index (χ3v) is 28.5. The molecule has 0 bridgehead atoms. The molecule has 1 atom stereocenters. The molecule has 46 heavy (non-hydrogen) atoms. The van der Waals surface area contributed by atoms with E-state index in [9.17, 15) is 0 Å². The van der Waals surface area contributed by atoms with Gasteiger partial charge in [0, 0.05) is 0 Å². The van der Waals surface area contributed by atoms with E-state index in [0.717, 1.165) is 23.4 Å². The summed E-state index contributed by atoms with van der Waals surface area (Å²) in [5, 5.41) is 0. The Morgan fingerprint density at radius 3 is 1.85 bits per heavy atom. The second kappa shape index (κ2) is 13.1. The zero-order valence-corrected chi connectivity index (χ0v) is 34.9. The fraction of sp³-hybridized carbons (Fsp3) is 0.465. The molecule has 0 amide bonds. The van der Waals surface area contributed by atoms with Crippen LogP contribution in [-0.4, -0.2) is 4.21 Å². The van der Waals surface area contributed by atoms with Gasteiger partial charge in [0.05, 0.1) is 0 Å². The molecule has 0 fully saturated rings. The normalized spacial score (nSPS) is 16.8. The fourth-order valence-electron chi connectivity index (χ4n) is 8.88. The Morgan fingerprint density at radius 1 is 0.739 bits per heavy atom. The maximum absolute atomic E-state index is 5.84. The number of hydrogen-bond donors (Lipinski definition) is 0. The first-order valence-corrected chi connectivity index (χ1v) is 24.4. The molecule has 3 aromatic rings. The SMILES string of the molecule is Cl.Cl.[CH2]=[Zr]([CH2]C)([C]1=C(CC)C(C(C)(C)C)=CC1CC)([c]1ccccc1)[c]1c(C(C)(C)C)ccc2c1Cc1cc(C(C)(C)C)ccc1-2. The van der Waals surface area contributed by atoms with E-state index in [1.165, 1.54) is 31.1 Å². The molecule has 0 saturated carbocycles. The van der Waals surface area contributed by atoms with Gasteiger partial charge in [0.25, 0.3) is 0 Å². The van der Waals surface area contributed by atoms with Crippen LogP contribution in [0.5, 0.6) is 0 Å².